The molecule has 0 bridgehead atoms. The van der Waals surface area contributed by atoms with E-state index in [0.717, 1.165) is 41.3 Å². The number of phenols is 1. The third kappa shape index (κ3) is 8.95. The van der Waals surface area contributed by atoms with Crippen molar-refractivity contribution in [2.75, 3.05) is 22.9 Å². The number of aromatic nitrogens is 1. The van der Waals surface area contributed by atoms with Gasteiger partial charge in [0.25, 0.3) is 0 Å². The second-order valence-corrected chi connectivity index (χ2v) is 11.6. The lowest BCUT2D eigenvalue weighted by Crippen LogP contribution is -2.58. The van der Waals surface area contributed by atoms with Crippen LogP contribution in [0.4, 0.5) is 11.4 Å². The van der Waals surface area contributed by atoms with Gasteiger partial charge < -0.3 is 31.3 Å². The number of nitrogens with two attached hydrogens (primary N) is 1. The Hall–Kier alpha value is -4.15. The van der Waals surface area contributed by atoms with Crippen molar-refractivity contribution in [1.82, 2.24) is 15.6 Å². The summed E-state index contributed by atoms with van der Waals surface area (Å²) in [5.41, 5.74) is 10.5. The van der Waals surface area contributed by atoms with Crippen molar-refractivity contribution >= 4 is 41.5 Å². The minimum absolute atomic E-state index is 0. The summed E-state index contributed by atoms with van der Waals surface area (Å²) >= 11 is 0. The molecule has 2 aromatic carbocycles. The maximum absolute atomic E-state index is 14.1. The lowest BCUT2D eigenvalue weighted by atomic mass is 9.94. The summed E-state index contributed by atoms with van der Waals surface area (Å²) in [4.78, 5) is 49.3. The number of hydrogen-bond acceptors (Lipinski definition) is 7. The van der Waals surface area contributed by atoms with Crippen molar-refractivity contribution in [2.24, 2.45) is 11.7 Å². The Labute approximate surface area is 271 Å². The number of rotatable bonds is 13. The number of para-hydroxylation sites is 1. The molecule has 2 heterocycles. The van der Waals surface area contributed by atoms with Crippen molar-refractivity contribution in [3.63, 3.8) is 0 Å². The zero-order chi connectivity index (χ0) is 31.8. The summed E-state index contributed by atoms with van der Waals surface area (Å²) in [5.74, 6) is -0.888. The fraction of sp³-hybridized carbons (Fsp3) is 0.412. The van der Waals surface area contributed by atoms with Crippen LogP contribution in [0.3, 0.4) is 0 Å². The lowest BCUT2D eigenvalue weighted by Gasteiger charge is -2.38. The van der Waals surface area contributed by atoms with Gasteiger partial charge >= 0.3 is 0 Å². The normalized spacial score (nSPS) is 15.5. The van der Waals surface area contributed by atoms with E-state index in [1.54, 1.807) is 23.2 Å². The van der Waals surface area contributed by atoms with Gasteiger partial charge in [-0.1, -0.05) is 44.2 Å². The molecule has 1 aliphatic rings. The highest BCUT2D eigenvalue weighted by molar-refractivity contribution is 6.05. The van der Waals surface area contributed by atoms with E-state index >= 15 is 0 Å². The molecule has 242 valence electrons. The Bertz CT molecular complexity index is 1430. The van der Waals surface area contributed by atoms with Crippen LogP contribution in [0.1, 0.15) is 50.9 Å². The van der Waals surface area contributed by atoms with Crippen LogP contribution in [0.15, 0.2) is 66.9 Å². The molecule has 2 unspecified atom stereocenters. The number of hydrogen-bond donors (Lipinski definition) is 4. The van der Waals surface area contributed by atoms with Gasteiger partial charge in [-0.3, -0.25) is 19.4 Å². The van der Waals surface area contributed by atoms with E-state index in [1.807, 2.05) is 50.2 Å². The number of anilines is 2. The molecular formula is C34H45ClN6O4. The molecule has 3 amide bonds. The van der Waals surface area contributed by atoms with Crippen LogP contribution in [0, 0.1) is 5.92 Å². The number of fused-ring (bicyclic) bond motifs is 1. The Morgan fingerprint density at radius 2 is 1.76 bits per heavy atom. The molecule has 11 heteroatoms. The van der Waals surface area contributed by atoms with Crippen LogP contribution < -0.4 is 26.2 Å². The number of aromatic hydroxyl groups is 1. The number of benzene rings is 2. The minimum atomic E-state index is -0.891. The van der Waals surface area contributed by atoms with Gasteiger partial charge in [0.15, 0.2) is 0 Å². The highest BCUT2D eigenvalue weighted by atomic mass is 35.5. The first-order chi connectivity index (χ1) is 21.1. The standard InChI is InChI=1S/C34H44N6O4.ClH/c1-5-39(6-2)30-12-9-10-24-20-29(34(44)40(31(24)30)21-25-11-7-8-17-36-25)38-33(43)28(18-22(3)4)37-32(42)27(35)19-23-13-15-26(41)16-14-23;/h7-17,22,27-29,41H,5-6,18-21,35H2,1-4H3,(H,37,42)(H,38,43);1H/t27?,28-,29?;/m1./s1. The van der Waals surface area contributed by atoms with E-state index in [2.05, 4.69) is 34.4 Å². The quantitative estimate of drug-likeness (QED) is 0.224. The van der Waals surface area contributed by atoms with Gasteiger partial charge in [-0.15, -0.1) is 12.4 Å². The third-order valence-electron chi connectivity index (χ3n) is 7.89. The summed E-state index contributed by atoms with van der Waals surface area (Å²) in [7, 11) is 0. The zero-order valence-electron chi connectivity index (χ0n) is 26.4. The highest BCUT2D eigenvalue weighted by Gasteiger charge is 2.37. The van der Waals surface area contributed by atoms with Gasteiger partial charge in [-0.2, -0.15) is 0 Å². The molecule has 4 rings (SSSR count). The van der Waals surface area contributed by atoms with E-state index in [-0.39, 0.29) is 42.9 Å². The molecular weight excluding hydrogens is 592 g/mol. The molecule has 1 aromatic heterocycles. The number of carbonyl (C=O) groups excluding carboxylic acids is 3. The van der Waals surface area contributed by atoms with Crippen LogP contribution in [0.25, 0.3) is 0 Å². The summed E-state index contributed by atoms with van der Waals surface area (Å²) in [5, 5.41) is 15.3. The molecule has 3 aromatic rings. The van der Waals surface area contributed by atoms with Crippen LogP contribution >= 0.6 is 12.4 Å². The van der Waals surface area contributed by atoms with Crippen LogP contribution in [-0.2, 0) is 33.8 Å². The van der Waals surface area contributed by atoms with Crippen molar-refractivity contribution in [3.05, 3.63) is 83.7 Å². The number of phenolic OH excluding ortho intramolecular Hbond substituents is 1. The molecule has 0 radical (unpaired) electrons. The largest absolute Gasteiger partial charge is 0.508 e. The maximum Gasteiger partial charge on any atom is 0.250 e. The number of amides is 3. The summed E-state index contributed by atoms with van der Waals surface area (Å²) in [6, 6.07) is 15.5. The number of nitrogens with zero attached hydrogens (tertiary/aromatic N) is 3. The fourth-order valence-corrected chi connectivity index (χ4v) is 5.64. The van der Waals surface area contributed by atoms with Crippen LogP contribution in [0.2, 0.25) is 0 Å². The predicted octanol–water partition coefficient (Wildman–Crippen LogP) is 3.73. The van der Waals surface area contributed by atoms with Gasteiger partial charge in [0.2, 0.25) is 17.7 Å². The molecule has 0 fully saturated rings. The first kappa shape index (κ1) is 35.3. The van der Waals surface area contributed by atoms with Gasteiger partial charge in [0, 0.05) is 25.7 Å². The lowest BCUT2D eigenvalue weighted by molar-refractivity contribution is -0.132. The monoisotopic (exact) mass is 636 g/mol. The van der Waals surface area contributed by atoms with Crippen LogP contribution in [0.5, 0.6) is 5.75 Å². The fourth-order valence-electron chi connectivity index (χ4n) is 5.64. The van der Waals surface area contributed by atoms with Crippen molar-refractivity contribution in [2.45, 2.75) is 71.6 Å². The maximum atomic E-state index is 14.1. The van der Waals surface area contributed by atoms with E-state index < -0.39 is 29.9 Å². The summed E-state index contributed by atoms with van der Waals surface area (Å²) in [6.07, 6.45) is 2.66. The van der Waals surface area contributed by atoms with Gasteiger partial charge in [0.05, 0.1) is 29.7 Å². The Kier molecular flexibility index (Phi) is 12.8. The third-order valence-corrected chi connectivity index (χ3v) is 7.89. The van der Waals surface area contributed by atoms with Crippen LogP contribution in [-0.4, -0.2) is 59.0 Å². The molecule has 0 aliphatic carbocycles. The smallest absolute Gasteiger partial charge is 0.250 e. The number of halogens is 1. The Balaban J connectivity index is 0.00000552. The topological polar surface area (TPSA) is 141 Å². The van der Waals surface area contributed by atoms with Gasteiger partial charge in [0.1, 0.15) is 17.8 Å². The molecule has 5 N–H and O–H groups in total. The van der Waals surface area contributed by atoms with Gasteiger partial charge in [-0.25, -0.2) is 0 Å². The molecule has 0 spiro atoms. The van der Waals surface area contributed by atoms with Gasteiger partial charge in [-0.05, 0) is 74.1 Å². The molecule has 3 atom stereocenters. The second kappa shape index (κ2) is 16.2. The molecule has 0 saturated heterocycles. The molecule has 45 heavy (non-hydrogen) atoms. The minimum Gasteiger partial charge on any atom is -0.508 e. The summed E-state index contributed by atoms with van der Waals surface area (Å²) in [6.45, 7) is 9.92. The van der Waals surface area contributed by atoms with E-state index in [4.69, 9.17) is 5.73 Å². The SMILES string of the molecule is CCN(CC)c1cccc2c1N(Cc1ccccn1)C(=O)C(NC(=O)[C@@H](CC(C)C)NC(=O)C(N)Cc1ccc(O)cc1)C2.Cl. The van der Waals surface area contributed by atoms with E-state index in [1.165, 1.54) is 12.1 Å². The van der Waals surface area contributed by atoms with E-state index in [9.17, 15) is 19.5 Å². The van der Waals surface area contributed by atoms with Crippen molar-refractivity contribution in [1.29, 1.82) is 0 Å². The first-order valence-corrected chi connectivity index (χ1v) is 15.3. The number of pyridine rings is 1. The summed E-state index contributed by atoms with van der Waals surface area (Å²) < 4.78 is 0. The second-order valence-electron chi connectivity index (χ2n) is 11.6. The Morgan fingerprint density at radius 3 is 2.38 bits per heavy atom. The van der Waals surface area contributed by atoms with Crippen molar-refractivity contribution in [3.8, 4) is 5.75 Å². The number of carbonyl (C=O) groups is 3. The Morgan fingerprint density at radius 1 is 1.04 bits per heavy atom. The number of nitrogens with one attached hydrogen (secondary N) is 2. The van der Waals surface area contributed by atoms with Crippen molar-refractivity contribution < 1.29 is 19.5 Å². The predicted molar refractivity (Wildman–Crippen MR) is 179 cm³/mol. The average Bonchev–Trinajstić information content (AvgIpc) is 3.00. The van der Waals surface area contributed by atoms with E-state index in [0.29, 0.717) is 12.8 Å². The zero-order valence-corrected chi connectivity index (χ0v) is 27.2. The molecule has 1 aliphatic heterocycles. The molecule has 10 nitrogen and oxygen atoms in total. The highest BCUT2D eigenvalue weighted by Crippen LogP contribution is 2.38. The first-order valence-electron chi connectivity index (χ1n) is 15.3. The molecule has 0 saturated carbocycles. The average molecular weight is 637 g/mol.